The van der Waals surface area contributed by atoms with E-state index in [2.05, 4.69) is 12.6 Å². The first-order valence-corrected chi connectivity index (χ1v) is 10.3. The molecule has 0 unspecified atom stereocenters. The third-order valence-corrected chi connectivity index (χ3v) is 6.49. The highest BCUT2D eigenvalue weighted by atomic mass is 32.2. The molecule has 164 valence electrons. The van der Waals surface area contributed by atoms with Crippen molar-refractivity contribution in [2.75, 3.05) is 6.54 Å². The maximum absolute atomic E-state index is 12.9. The Balaban J connectivity index is 0.000000396. The Hall–Kier alpha value is -2.35. The molecule has 3 rings (SSSR count). The lowest BCUT2D eigenvalue weighted by Crippen LogP contribution is -2.47. The molecule has 0 radical (unpaired) electrons. The van der Waals surface area contributed by atoms with Crippen molar-refractivity contribution in [1.29, 1.82) is 0 Å². The van der Waals surface area contributed by atoms with E-state index in [1.54, 1.807) is 18.2 Å². The molecule has 0 spiro atoms. The molecule has 13 heteroatoms. The van der Waals surface area contributed by atoms with Gasteiger partial charge >= 0.3 is 12.1 Å². The number of aliphatic carboxylic acids is 1. The van der Waals surface area contributed by atoms with Crippen LogP contribution in [0.3, 0.4) is 0 Å². The summed E-state index contributed by atoms with van der Waals surface area (Å²) in [4.78, 5) is 20.9. The molecule has 1 amide bonds. The van der Waals surface area contributed by atoms with Gasteiger partial charge in [0.15, 0.2) is 0 Å². The number of hydrogen-bond acceptors (Lipinski definition) is 6. The average Bonchev–Trinajstić information content (AvgIpc) is 3.09. The summed E-state index contributed by atoms with van der Waals surface area (Å²) in [5.74, 6) is 1.89. The first-order chi connectivity index (χ1) is 13.9. The van der Waals surface area contributed by atoms with Gasteiger partial charge in [0.25, 0.3) is 5.91 Å². The second-order valence-electron chi connectivity index (χ2n) is 6.30. The number of carboxylic acid groups (broad SMARTS) is 1. The van der Waals surface area contributed by atoms with Crippen LogP contribution in [0.15, 0.2) is 47.4 Å². The summed E-state index contributed by atoms with van der Waals surface area (Å²) in [5.41, 5.74) is 2.03. The zero-order valence-electron chi connectivity index (χ0n) is 15.2. The van der Waals surface area contributed by atoms with Crippen molar-refractivity contribution < 1.29 is 36.3 Å². The maximum Gasteiger partial charge on any atom is 0.490 e. The van der Waals surface area contributed by atoms with Crippen LogP contribution < -0.4 is 11.3 Å². The van der Waals surface area contributed by atoms with E-state index in [4.69, 9.17) is 15.7 Å². The van der Waals surface area contributed by atoms with Crippen LogP contribution in [0.5, 0.6) is 0 Å². The van der Waals surface area contributed by atoms with Gasteiger partial charge in [-0.2, -0.15) is 30.1 Å². The number of benzene rings is 2. The first-order valence-electron chi connectivity index (χ1n) is 8.37. The molecule has 1 aliphatic heterocycles. The van der Waals surface area contributed by atoms with Crippen LogP contribution in [0.4, 0.5) is 13.2 Å². The number of carboxylic acids is 1. The van der Waals surface area contributed by atoms with Crippen molar-refractivity contribution in [3.05, 3.63) is 42.5 Å². The molecule has 0 bridgehead atoms. The fraction of sp³-hybridized carbons (Fsp3) is 0.294. The lowest BCUT2D eigenvalue weighted by molar-refractivity contribution is -0.192. The smallest absolute Gasteiger partial charge is 0.475 e. The molecule has 2 atom stereocenters. The van der Waals surface area contributed by atoms with Gasteiger partial charge in [-0.25, -0.2) is 19.1 Å². The van der Waals surface area contributed by atoms with Gasteiger partial charge in [0, 0.05) is 11.8 Å². The molecule has 1 saturated heterocycles. The molecule has 2 aromatic carbocycles. The molecule has 0 saturated carbocycles. The van der Waals surface area contributed by atoms with E-state index in [9.17, 15) is 26.4 Å². The summed E-state index contributed by atoms with van der Waals surface area (Å²) in [7, 11) is -3.80. The van der Waals surface area contributed by atoms with Gasteiger partial charge in [-0.3, -0.25) is 10.2 Å². The van der Waals surface area contributed by atoms with E-state index in [0.29, 0.717) is 6.42 Å². The number of alkyl halides is 3. The molecule has 1 fully saturated rings. The summed E-state index contributed by atoms with van der Waals surface area (Å²) >= 11 is 4.32. The highest BCUT2D eigenvalue weighted by Crippen LogP contribution is 2.30. The van der Waals surface area contributed by atoms with Gasteiger partial charge in [0.05, 0.1) is 4.90 Å². The molecule has 30 heavy (non-hydrogen) atoms. The van der Waals surface area contributed by atoms with Crippen molar-refractivity contribution in [3.63, 3.8) is 0 Å². The fourth-order valence-electron chi connectivity index (χ4n) is 2.85. The predicted molar refractivity (Wildman–Crippen MR) is 105 cm³/mol. The van der Waals surface area contributed by atoms with Crippen LogP contribution in [0.1, 0.15) is 6.42 Å². The monoisotopic (exact) mass is 465 g/mol. The molecule has 8 nitrogen and oxygen atoms in total. The van der Waals surface area contributed by atoms with E-state index in [-0.39, 0.29) is 16.7 Å². The van der Waals surface area contributed by atoms with E-state index in [1.807, 2.05) is 29.7 Å². The van der Waals surface area contributed by atoms with Crippen molar-refractivity contribution in [3.8, 4) is 0 Å². The minimum absolute atomic E-state index is 0.161. The van der Waals surface area contributed by atoms with E-state index < -0.39 is 34.1 Å². The number of carbonyl (C=O) groups excluding carboxylic acids is 1. The van der Waals surface area contributed by atoms with Gasteiger partial charge < -0.3 is 5.11 Å². The number of hydrogen-bond donors (Lipinski definition) is 4. The molecular formula is C17H18F3N3O5S2. The standard InChI is InChI=1S/C15H17N3O3S2.C2HF3O2/c16-17-15(19)14-8-12(22)9-18(14)23(20,21)13-6-5-10-3-1-2-4-11(10)7-13;3-2(4,5)1(6)7/h1-7,12,14,22H,8-9,16H2,(H,17,19);(H,6,7)/t12-,14+;/m1./s1. The lowest BCUT2D eigenvalue weighted by Gasteiger charge is -2.22. The summed E-state index contributed by atoms with van der Waals surface area (Å²) < 4.78 is 58.8. The number of nitrogens with zero attached hydrogens (tertiary/aromatic N) is 1. The number of nitrogens with two attached hydrogens (primary N) is 1. The number of sulfonamides is 1. The fourth-order valence-corrected chi connectivity index (χ4v) is 5.01. The summed E-state index contributed by atoms with van der Waals surface area (Å²) in [6.07, 6.45) is -4.75. The third kappa shape index (κ3) is 5.41. The number of thiol groups is 1. The number of hydrazine groups is 1. The molecule has 1 heterocycles. The minimum Gasteiger partial charge on any atom is -0.475 e. The van der Waals surface area contributed by atoms with Crippen LogP contribution in [0.2, 0.25) is 0 Å². The van der Waals surface area contributed by atoms with E-state index in [0.717, 1.165) is 10.8 Å². The molecule has 1 aliphatic rings. The Morgan fingerprint density at radius 1 is 1.17 bits per heavy atom. The number of amides is 1. The number of fused-ring (bicyclic) bond motifs is 1. The highest BCUT2D eigenvalue weighted by molar-refractivity contribution is 7.89. The molecule has 0 aromatic heterocycles. The number of carbonyl (C=O) groups is 2. The maximum atomic E-state index is 12.9. The Morgan fingerprint density at radius 3 is 2.27 bits per heavy atom. The number of halogens is 3. The zero-order chi connectivity index (χ0) is 22.7. The Morgan fingerprint density at radius 2 is 1.73 bits per heavy atom. The second kappa shape index (κ2) is 9.20. The normalized spacial score (nSPS) is 19.8. The van der Waals surface area contributed by atoms with Crippen molar-refractivity contribution in [2.24, 2.45) is 5.84 Å². The van der Waals surface area contributed by atoms with Gasteiger partial charge in [-0.05, 0) is 29.3 Å². The first kappa shape index (κ1) is 23.9. The molecule has 4 N–H and O–H groups in total. The van der Waals surface area contributed by atoms with Crippen LogP contribution >= 0.6 is 12.6 Å². The summed E-state index contributed by atoms with van der Waals surface area (Å²) in [6.45, 7) is 0.177. The lowest BCUT2D eigenvalue weighted by atomic mass is 10.1. The topological polar surface area (TPSA) is 130 Å². The van der Waals surface area contributed by atoms with Crippen molar-refractivity contribution >= 4 is 45.3 Å². The SMILES string of the molecule is NNC(=O)[C@@H]1C[C@@H](S)CN1S(=O)(=O)c1ccc2ccccc2c1.O=C(O)C(F)(F)F. The Kier molecular flexibility index (Phi) is 7.34. The van der Waals surface area contributed by atoms with Gasteiger partial charge in [0.2, 0.25) is 10.0 Å². The summed E-state index contributed by atoms with van der Waals surface area (Å²) in [5, 5.41) is 8.71. The zero-order valence-corrected chi connectivity index (χ0v) is 16.9. The highest BCUT2D eigenvalue weighted by Gasteiger charge is 2.42. The van der Waals surface area contributed by atoms with Crippen LogP contribution in [0, 0.1) is 0 Å². The van der Waals surface area contributed by atoms with Crippen molar-refractivity contribution in [2.45, 2.75) is 28.8 Å². The Labute approximate surface area is 175 Å². The molecule has 2 aromatic rings. The van der Waals surface area contributed by atoms with Crippen LogP contribution in [-0.2, 0) is 19.6 Å². The van der Waals surface area contributed by atoms with E-state index >= 15 is 0 Å². The second-order valence-corrected chi connectivity index (χ2v) is 8.92. The number of nitrogens with one attached hydrogen (secondary N) is 1. The number of rotatable bonds is 3. The average molecular weight is 465 g/mol. The van der Waals surface area contributed by atoms with Crippen LogP contribution in [-0.4, -0.2) is 53.7 Å². The van der Waals surface area contributed by atoms with E-state index in [1.165, 1.54) is 4.31 Å². The largest absolute Gasteiger partial charge is 0.490 e. The van der Waals surface area contributed by atoms with Gasteiger partial charge in [-0.15, -0.1) is 0 Å². The third-order valence-electron chi connectivity index (χ3n) is 4.25. The minimum atomic E-state index is -5.08. The summed E-state index contributed by atoms with van der Waals surface area (Å²) in [6, 6.07) is 11.6. The molecule has 0 aliphatic carbocycles. The van der Waals surface area contributed by atoms with Crippen LogP contribution in [0.25, 0.3) is 10.8 Å². The van der Waals surface area contributed by atoms with Crippen molar-refractivity contribution in [1.82, 2.24) is 9.73 Å². The van der Waals surface area contributed by atoms with Gasteiger partial charge in [-0.1, -0.05) is 30.3 Å². The Bertz CT molecular complexity index is 1050. The molecular weight excluding hydrogens is 447 g/mol. The quantitative estimate of drug-likeness (QED) is 0.235. The van der Waals surface area contributed by atoms with Gasteiger partial charge in [0.1, 0.15) is 6.04 Å². The predicted octanol–water partition coefficient (Wildman–Crippen LogP) is 1.52.